The molecule has 3 rings (SSSR count). The second-order valence-corrected chi connectivity index (χ2v) is 7.76. The third kappa shape index (κ3) is 3.92. The van der Waals surface area contributed by atoms with Crippen molar-refractivity contribution in [1.82, 2.24) is 9.97 Å². The Kier molecular flexibility index (Phi) is 5.90. The van der Waals surface area contributed by atoms with Gasteiger partial charge in [-0.25, -0.2) is 14.4 Å². The summed E-state index contributed by atoms with van der Waals surface area (Å²) in [5.74, 6) is -1.18. The normalized spacial score (nSPS) is 18.9. The van der Waals surface area contributed by atoms with Crippen molar-refractivity contribution >= 4 is 29.3 Å². The van der Waals surface area contributed by atoms with Gasteiger partial charge in [0.2, 0.25) is 0 Å². The molecular formula is C19H17F4N5OS. The van der Waals surface area contributed by atoms with Gasteiger partial charge in [-0.2, -0.15) is 18.4 Å². The van der Waals surface area contributed by atoms with Crippen molar-refractivity contribution < 1.29 is 22.4 Å². The Morgan fingerprint density at radius 3 is 2.70 bits per heavy atom. The lowest BCUT2D eigenvalue weighted by molar-refractivity contribution is -0.137. The van der Waals surface area contributed by atoms with Gasteiger partial charge in [0.15, 0.2) is 4.87 Å². The molecule has 0 unspecified atom stereocenters. The fourth-order valence-corrected chi connectivity index (χ4v) is 4.44. The first-order chi connectivity index (χ1) is 14.1. The highest BCUT2D eigenvalue weighted by atomic mass is 32.2. The van der Waals surface area contributed by atoms with Crippen LogP contribution in [0.15, 0.2) is 24.4 Å². The number of pyridine rings is 2. The number of nitrogens with zero attached hydrogens (tertiary/aromatic N) is 4. The first-order valence-corrected chi connectivity index (χ1v) is 10.1. The van der Waals surface area contributed by atoms with Crippen molar-refractivity contribution in [1.29, 1.82) is 5.26 Å². The zero-order valence-electron chi connectivity index (χ0n) is 16.0. The van der Waals surface area contributed by atoms with Crippen LogP contribution in [0, 0.1) is 24.1 Å². The third-order valence-electron chi connectivity index (χ3n) is 4.80. The van der Waals surface area contributed by atoms with Crippen LogP contribution in [0.2, 0.25) is 0 Å². The number of amides is 1. The molecule has 1 amide bonds. The van der Waals surface area contributed by atoms with Gasteiger partial charge in [0.1, 0.15) is 29.1 Å². The fraction of sp³-hybridized carbons (Fsp3) is 0.368. The topological polar surface area (TPSA) is 81.9 Å². The summed E-state index contributed by atoms with van der Waals surface area (Å²) in [6.45, 7) is 1.65. The van der Waals surface area contributed by atoms with Gasteiger partial charge >= 0.3 is 6.18 Å². The average Bonchev–Trinajstić information content (AvgIpc) is 3.13. The molecular weight excluding hydrogens is 422 g/mol. The van der Waals surface area contributed by atoms with Crippen LogP contribution in [0.5, 0.6) is 0 Å². The van der Waals surface area contributed by atoms with E-state index in [9.17, 15) is 27.6 Å². The summed E-state index contributed by atoms with van der Waals surface area (Å²) in [5.41, 5.74) is -1.63. The summed E-state index contributed by atoms with van der Waals surface area (Å²) in [4.78, 5) is 21.3. The van der Waals surface area contributed by atoms with Crippen molar-refractivity contribution in [2.24, 2.45) is 0 Å². The number of aromatic nitrogens is 2. The number of halogens is 4. The van der Waals surface area contributed by atoms with E-state index in [1.165, 1.54) is 17.9 Å². The van der Waals surface area contributed by atoms with Crippen LogP contribution in [-0.2, 0) is 11.0 Å². The van der Waals surface area contributed by atoms with E-state index >= 15 is 0 Å². The summed E-state index contributed by atoms with van der Waals surface area (Å²) in [6.07, 6.45) is -1.31. The van der Waals surface area contributed by atoms with Crippen molar-refractivity contribution in [3.8, 4) is 6.07 Å². The molecule has 1 atom stereocenters. The van der Waals surface area contributed by atoms with Crippen molar-refractivity contribution in [2.45, 2.75) is 30.8 Å². The smallest absolute Gasteiger partial charge is 0.333 e. The van der Waals surface area contributed by atoms with Gasteiger partial charge in [0.05, 0.1) is 11.8 Å². The number of aryl methyl sites for hydroxylation is 1. The number of hydrogen-bond acceptors (Lipinski definition) is 6. The molecule has 11 heteroatoms. The summed E-state index contributed by atoms with van der Waals surface area (Å²) >= 11 is 1.13. The van der Waals surface area contributed by atoms with Gasteiger partial charge in [-0.1, -0.05) is 0 Å². The molecule has 158 valence electrons. The molecule has 1 fully saturated rings. The first kappa shape index (κ1) is 21.8. The number of thioether (sulfide) groups is 1. The Morgan fingerprint density at radius 2 is 2.13 bits per heavy atom. The molecule has 30 heavy (non-hydrogen) atoms. The van der Waals surface area contributed by atoms with E-state index in [1.54, 1.807) is 12.3 Å². The molecule has 1 N–H and O–H groups in total. The predicted molar refractivity (Wildman–Crippen MR) is 104 cm³/mol. The maximum atomic E-state index is 13.5. The summed E-state index contributed by atoms with van der Waals surface area (Å²) < 4.78 is 53.6. The molecule has 0 spiro atoms. The molecule has 0 bridgehead atoms. The standard InChI is InChI=1S/C19H17F4N5OS/c1-11-8-14(19(21,22)23)13(9-24)16(26-11)28-7-3-6-18(28,30-2)17(29)27-15-5-4-12(20)10-25-15/h4-5,8,10H,3,6-7H2,1-2H3,(H,25,27,29)/t18-/m1/s1. The van der Waals surface area contributed by atoms with E-state index < -0.39 is 33.9 Å². The Bertz CT molecular complexity index is 1010. The maximum Gasteiger partial charge on any atom is 0.417 e. The molecule has 3 heterocycles. The highest BCUT2D eigenvalue weighted by Crippen LogP contribution is 2.44. The highest BCUT2D eigenvalue weighted by Gasteiger charge is 2.49. The van der Waals surface area contributed by atoms with Gasteiger partial charge in [0, 0.05) is 12.2 Å². The maximum absolute atomic E-state index is 13.5. The van der Waals surface area contributed by atoms with E-state index in [-0.39, 0.29) is 23.9 Å². The second kappa shape index (κ2) is 8.10. The Hall–Kier alpha value is -2.87. The number of nitriles is 1. The van der Waals surface area contributed by atoms with Gasteiger partial charge in [-0.15, -0.1) is 11.8 Å². The van der Waals surface area contributed by atoms with E-state index in [4.69, 9.17) is 0 Å². The number of alkyl halides is 3. The van der Waals surface area contributed by atoms with Crippen molar-refractivity contribution in [3.63, 3.8) is 0 Å². The number of anilines is 2. The molecule has 0 radical (unpaired) electrons. The largest absolute Gasteiger partial charge is 0.417 e. The summed E-state index contributed by atoms with van der Waals surface area (Å²) in [7, 11) is 0. The highest BCUT2D eigenvalue weighted by molar-refractivity contribution is 8.00. The van der Waals surface area contributed by atoms with Gasteiger partial charge < -0.3 is 10.2 Å². The molecule has 0 saturated carbocycles. The van der Waals surface area contributed by atoms with Gasteiger partial charge in [0.25, 0.3) is 5.91 Å². The lowest BCUT2D eigenvalue weighted by Crippen LogP contribution is -2.51. The number of rotatable bonds is 4. The van der Waals surface area contributed by atoms with E-state index in [0.717, 1.165) is 30.1 Å². The van der Waals surface area contributed by atoms with Crippen LogP contribution >= 0.6 is 11.8 Å². The summed E-state index contributed by atoms with van der Waals surface area (Å²) in [5, 5.41) is 12.1. The first-order valence-electron chi connectivity index (χ1n) is 8.87. The van der Waals surface area contributed by atoms with E-state index in [0.29, 0.717) is 12.8 Å². The van der Waals surface area contributed by atoms with Gasteiger partial charge in [-0.3, -0.25) is 4.79 Å². The third-order valence-corrected chi connectivity index (χ3v) is 6.08. The van der Waals surface area contributed by atoms with Crippen LogP contribution in [0.25, 0.3) is 0 Å². The number of carbonyl (C=O) groups excluding carboxylic acids is 1. The van der Waals surface area contributed by atoms with Crippen molar-refractivity contribution in [3.05, 3.63) is 47.0 Å². The Balaban J connectivity index is 2.07. The minimum atomic E-state index is -4.74. The predicted octanol–water partition coefficient (Wildman–Crippen LogP) is 4.11. The molecule has 0 aromatic carbocycles. The van der Waals surface area contributed by atoms with Crippen LogP contribution in [-0.4, -0.2) is 33.5 Å². The zero-order valence-corrected chi connectivity index (χ0v) is 16.9. The van der Waals surface area contributed by atoms with Crippen LogP contribution in [0.1, 0.15) is 29.7 Å². The average molecular weight is 439 g/mol. The van der Waals surface area contributed by atoms with Crippen LogP contribution < -0.4 is 10.2 Å². The monoisotopic (exact) mass is 439 g/mol. The number of nitrogens with one attached hydrogen (secondary N) is 1. The SMILES string of the molecule is CS[C@@]1(C(=O)Nc2ccc(F)cn2)CCCN1c1nc(C)cc(C(F)(F)F)c1C#N. The van der Waals surface area contributed by atoms with E-state index in [2.05, 4.69) is 15.3 Å². The molecule has 1 aliphatic heterocycles. The lowest BCUT2D eigenvalue weighted by Gasteiger charge is -2.37. The summed E-state index contributed by atoms with van der Waals surface area (Å²) in [6, 6.07) is 4.85. The molecule has 0 aliphatic carbocycles. The van der Waals surface area contributed by atoms with Crippen LogP contribution in [0.3, 0.4) is 0 Å². The van der Waals surface area contributed by atoms with Crippen LogP contribution in [0.4, 0.5) is 29.2 Å². The molecule has 1 aliphatic rings. The number of carbonyl (C=O) groups is 1. The fourth-order valence-electron chi connectivity index (χ4n) is 3.46. The number of hydrogen-bond donors (Lipinski definition) is 1. The molecule has 2 aromatic heterocycles. The second-order valence-electron chi connectivity index (χ2n) is 6.68. The lowest BCUT2D eigenvalue weighted by atomic mass is 10.1. The quantitative estimate of drug-likeness (QED) is 0.722. The Labute approximate surface area is 174 Å². The molecule has 6 nitrogen and oxygen atoms in total. The minimum Gasteiger partial charge on any atom is -0.333 e. The van der Waals surface area contributed by atoms with E-state index in [1.807, 2.05) is 0 Å². The van der Waals surface area contributed by atoms with Crippen molar-refractivity contribution in [2.75, 3.05) is 23.0 Å². The van der Waals surface area contributed by atoms with Gasteiger partial charge in [-0.05, 0) is 44.2 Å². The Morgan fingerprint density at radius 1 is 1.40 bits per heavy atom. The molecule has 1 saturated heterocycles. The zero-order chi connectivity index (χ0) is 22.1. The molecule has 2 aromatic rings. The minimum absolute atomic E-state index is 0.0823.